The summed E-state index contributed by atoms with van der Waals surface area (Å²) in [6, 6.07) is -0.713. The first-order valence-electron chi connectivity index (χ1n) is 31.2. The van der Waals surface area contributed by atoms with Crippen LogP contribution >= 0.6 is 0 Å². The largest absolute Gasteiger partial charge is 0.394 e. The van der Waals surface area contributed by atoms with Crippen LogP contribution in [0, 0.1) is 0 Å². The Morgan fingerprint density at radius 3 is 1.01 bits per heavy atom. The lowest BCUT2D eigenvalue weighted by Gasteiger charge is -2.40. The van der Waals surface area contributed by atoms with Crippen molar-refractivity contribution in [3.8, 4) is 0 Å². The standard InChI is InChI=1S/C61H121NO8/c1-3-5-7-9-11-13-15-17-19-20-21-22-23-24-25-26-27-28-29-30-31-32-33-34-35-36-37-39-41-43-45-47-49-51-57(65)62-54(53-69-61-60(68)59(67)58(66)56(52-63)70-61)55(64)50-48-46-44-42-40-38-18-16-14-12-10-8-6-4-2/h54-56,58-61,63-64,66-68H,3-53H2,1-2H3,(H,62,65). The quantitative estimate of drug-likeness (QED) is 0.0330. The summed E-state index contributed by atoms with van der Waals surface area (Å²) in [6.45, 7) is 3.88. The second kappa shape index (κ2) is 51.7. The summed E-state index contributed by atoms with van der Waals surface area (Å²) >= 11 is 0. The lowest BCUT2D eigenvalue weighted by atomic mass is 9.99. The number of unbranched alkanes of at least 4 members (excludes halogenated alkanes) is 45. The summed E-state index contributed by atoms with van der Waals surface area (Å²) in [6.07, 6.45) is 55.9. The van der Waals surface area contributed by atoms with Crippen LogP contribution in [0.2, 0.25) is 0 Å². The third kappa shape index (κ3) is 40.6. The number of hydrogen-bond acceptors (Lipinski definition) is 8. The SMILES string of the molecule is CCCCCCCCCCCCCCCCCCCCCCCCCCCCCCCCCCCC(=O)NC(COC1OC(CO)C(O)C(O)C1O)C(O)CCCCCCCCCCCCCCCC. The number of carbonyl (C=O) groups excluding carboxylic acids is 1. The van der Waals surface area contributed by atoms with Crippen LogP contribution in [-0.2, 0) is 14.3 Å². The van der Waals surface area contributed by atoms with Crippen molar-refractivity contribution in [2.45, 2.75) is 371 Å². The Labute approximate surface area is 434 Å². The minimum Gasteiger partial charge on any atom is -0.394 e. The molecule has 418 valence electrons. The highest BCUT2D eigenvalue weighted by molar-refractivity contribution is 5.76. The first-order chi connectivity index (χ1) is 34.3. The maximum atomic E-state index is 13.1. The molecule has 0 aromatic heterocycles. The van der Waals surface area contributed by atoms with Crippen molar-refractivity contribution in [2.75, 3.05) is 13.2 Å². The molecule has 70 heavy (non-hydrogen) atoms. The van der Waals surface area contributed by atoms with Crippen LogP contribution in [-0.4, -0.2) is 87.5 Å². The molecule has 9 nitrogen and oxygen atoms in total. The maximum Gasteiger partial charge on any atom is 0.220 e. The van der Waals surface area contributed by atoms with Gasteiger partial charge in [0.15, 0.2) is 6.29 Å². The number of ether oxygens (including phenoxy) is 2. The zero-order chi connectivity index (χ0) is 50.8. The summed E-state index contributed by atoms with van der Waals surface area (Å²) in [5.74, 6) is -0.136. The number of hydrogen-bond donors (Lipinski definition) is 6. The third-order valence-corrected chi connectivity index (χ3v) is 15.5. The molecule has 1 fully saturated rings. The smallest absolute Gasteiger partial charge is 0.220 e. The normalized spacial score (nSPS) is 19.2. The molecule has 1 rings (SSSR count). The molecule has 0 saturated carbocycles. The topological polar surface area (TPSA) is 149 Å². The van der Waals surface area contributed by atoms with Crippen molar-refractivity contribution >= 4 is 5.91 Å². The van der Waals surface area contributed by atoms with Gasteiger partial charge >= 0.3 is 0 Å². The fourth-order valence-corrected chi connectivity index (χ4v) is 10.5. The molecule has 1 saturated heterocycles. The molecule has 7 atom stereocenters. The Kier molecular flexibility index (Phi) is 49.6. The van der Waals surface area contributed by atoms with Crippen LogP contribution in [0.5, 0.6) is 0 Å². The van der Waals surface area contributed by atoms with E-state index in [4.69, 9.17) is 9.47 Å². The van der Waals surface area contributed by atoms with Gasteiger partial charge in [-0.25, -0.2) is 0 Å². The molecule has 0 bridgehead atoms. The van der Waals surface area contributed by atoms with Gasteiger partial charge in [0.05, 0.1) is 25.4 Å². The van der Waals surface area contributed by atoms with Crippen LogP contribution < -0.4 is 5.32 Å². The number of rotatable bonds is 55. The summed E-state index contributed by atoms with van der Waals surface area (Å²) < 4.78 is 11.3. The summed E-state index contributed by atoms with van der Waals surface area (Å²) in [7, 11) is 0. The van der Waals surface area contributed by atoms with E-state index in [2.05, 4.69) is 19.2 Å². The minimum absolute atomic E-state index is 0.131. The Hall–Kier alpha value is -0.810. The van der Waals surface area contributed by atoms with Crippen molar-refractivity contribution in [1.29, 1.82) is 0 Å². The molecule has 0 aromatic rings. The first kappa shape index (κ1) is 67.2. The fourth-order valence-electron chi connectivity index (χ4n) is 10.5. The molecule has 0 aromatic carbocycles. The predicted molar refractivity (Wildman–Crippen MR) is 295 cm³/mol. The second-order valence-corrected chi connectivity index (χ2v) is 22.2. The number of carbonyl (C=O) groups is 1. The highest BCUT2D eigenvalue weighted by atomic mass is 16.7. The lowest BCUT2D eigenvalue weighted by molar-refractivity contribution is -0.302. The summed E-state index contributed by atoms with van der Waals surface area (Å²) in [5, 5.41) is 54.6. The van der Waals surface area contributed by atoms with E-state index in [1.807, 2.05) is 0 Å². The Bertz CT molecular complexity index is 1060. The Morgan fingerprint density at radius 1 is 0.429 bits per heavy atom. The number of amides is 1. The van der Waals surface area contributed by atoms with Crippen molar-refractivity contribution in [3.63, 3.8) is 0 Å². The van der Waals surface area contributed by atoms with Gasteiger partial charge in [-0.1, -0.05) is 309 Å². The summed E-state index contributed by atoms with van der Waals surface area (Å²) in [4.78, 5) is 13.1. The Morgan fingerprint density at radius 2 is 0.714 bits per heavy atom. The van der Waals surface area contributed by atoms with Crippen molar-refractivity contribution in [2.24, 2.45) is 0 Å². The van der Waals surface area contributed by atoms with Crippen LogP contribution in [0.3, 0.4) is 0 Å². The van der Waals surface area contributed by atoms with E-state index < -0.39 is 49.5 Å². The molecule has 0 spiro atoms. The van der Waals surface area contributed by atoms with E-state index in [9.17, 15) is 30.3 Å². The zero-order valence-corrected chi connectivity index (χ0v) is 46.6. The minimum atomic E-state index is -1.55. The molecular formula is C61H121NO8. The van der Waals surface area contributed by atoms with E-state index in [0.717, 1.165) is 38.5 Å². The number of nitrogens with one attached hydrogen (secondary N) is 1. The number of aliphatic hydroxyl groups is 5. The van der Waals surface area contributed by atoms with Crippen LogP contribution in [0.25, 0.3) is 0 Å². The predicted octanol–water partition coefficient (Wildman–Crippen LogP) is 15.8. The van der Waals surface area contributed by atoms with Gasteiger partial charge in [0.25, 0.3) is 0 Å². The molecule has 1 amide bonds. The van der Waals surface area contributed by atoms with Gasteiger partial charge in [-0.2, -0.15) is 0 Å². The zero-order valence-electron chi connectivity index (χ0n) is 46.6. The highest BCUT2D eigenvalue weighted by Gasteiger charge is 2.44. The van der Waals surface area contributed by atoms with Gasteiger partial charge in [-0.15, -0.1) is 0 Å². The molecule has 1 heterocycles. The monoisotopic (exact) mass is 996 g/mol. The lowest BCUT2D eigenvalue weighted by Crippen LogP contribution is -2.60. The second-order valence-electron chi connectivity index (χ2n) is 22.2. The van der Waals surface area contributed by atoms with Gasteiger partial charge in [-0.05, 0) is 12.8 Å². The molecule has 0 radical (unpaired) electrons. The van der Waals surface area contributed by atoms with Gasteiger partial charge in [0.2, 0.25) is 5.91 Å². The van der Waals surface area contributed by atoms with Gasteiger partial charge in [0, 0.05) is 6.42 Å². The fraction of sp³-hybridized carbons (Fsp3) is 0.984. The molecule has 1 aliphatic rings. The first-order valence-corrected chi connectivity index (χ1v) is 31.2. The summed E-state index contributed by atoms with van der Waals surface area (Å²) in [5.41, 5.74) is 0. The van der Waals surface area contributed by atoms with Crippen LogP contribution in [0.1, 0.15) is 328 Å². The molecule has 7 unspecified atom stereocenters. The van der Waals surface area contributed by atoms with Crippen LogP contribution in [0.15, 0.2) is 0 Å². The highest BCUT2D eigenvalue weighted by Crippen LogP contribution is 2.24. The average molecular weight is 997 g/mol. The number of aliphatic hydroxyl groups excluding tert-OH is 5. The average Bonchev–Trinajstić information content (AvgIpc) is 3.36. The Balaban J connectivity index is 2.06. The van der Waals surface area contributed by atoms with E-state index in [1.165, 1.54) is 263 Å². The third-order valence-electron chi connectivity index (χ3n) is 15.5. The van der Waals surface area contributed by atoms with Gasteiger partial charge < -0.3 is 40.3 Å². The van der Waals surface area contributed by atoms with E-state index in [0.29, 0.717) is 12.8 Å². The molecular weight excluding hydrogens is 875 g/mol. The van der Waals surface area contributed by atoms with Crippen LogP contribution in [0.4, 0.5) is 0 Å². The van der Waals surface area contributed by atoms with Crippen molar-refractivity contribution < 1.29 is 39.8 Å². The van der Waals surface area contributed by atoms with E-state index in [-0.39, 0.29) is 12.5 Å². The molecule has 6 N–H and O–H groups in total. The molecule has 9 heteroatoms. The van der Waals surface area contributed by atoms with Gasteiger partial charge in [0.1, 0.15) is 24.4 Å². The van der Waals surface area contributed by atoms with E-state index >= 15 is 0 Å². The van der Waals surface area contributed by atoms with E-state index in [1.54, 1.807) is 0 Å². The molecule has 0 aliphatic carbocycles. The van der Waals surface area contributed by atoms with Crippen molar-refractivity contribution in [3.05, 3.63) is 0 Å². The van der Waals surface area contributed by atoms with Crippen molar-refractivity contribution in [1.82, 2.24) is 5.32 Å². The van der Waals surface area contributed by atoms with Gasteiger partial charge in [-0.3, -0.25) is 4.79 Å². The maximum absolute atomic E-state index is 13.1. The molecule has 1 aliphatic heterocycles.